The lowest BCUT2D eigenvalue weighted by atomic mass is 9.83. The number of ketones is 1. The summed E-state index contributed by atoms with van der Waals surface area (Å²) in [6.07, 6.45) is 3.96. The maximum Gasteiger partial charge on any atom is 0.333 e. The Kier molecular flexibility index (Phi) is 6.98. The smallest absolute Gasteiger partial charge is 0.333 e. The molecule has 0 radical (unpaired) electrons. The molecule has 2 rings (SSSR count). The fraction of sp³-hybridized carbons (Fsp3) is 0.778. The molecule has 0 aliphatic carbocycles. The summed E-state index contributed by atoms with van der Waals surface area (Å²) in [4.78, 5) is 23.1. The summed E-state index contributed by atoms with van der Waals surface area (Å²) >= 11 is 0. The number of ether oxygens (including phenoxy) is 5. The lowest BCUT2D eigenvalue weighted by molar-refractivity contribution is -0.287. The van der Waals surface area contributed by atoms with Crippen molar-refractivity contribution in [2.45, 2.75) is 76.7 Å². The Labute approximate surface area is 148 Å². The van der Waals surface area contributed by atoms with E-state index in [9.17, 15) is 9.59 Å². The lowest BCUT2D eigenvalue weighted by Gasteiger charge is -2.49. The van der Waals surface area contributed by atoms with Gasteiger partial charge in [0.05, 0.1) is 31.2 Å². The van der Waals surface area contributed by atoms with E-state index in [1.165, 1.54) is 19.3 Å². The summed E-state index contributed by atoms with van der Waals surface area (Å²) in [5, 5.41) is 0. The van der Waals surface area contributed by atoms with Crippen LogP contribution in [-0.4, -0.2) is 55.7 Å². The topological polar surface area (TPSA) is 80.3 Å². The van der Waals surface area contributed by atoms with Gasteiger partial charge in [0, 0.05) is 26.4 Å². The summed E-state index contributed by atoms with van der Waals surface area (Å²) in [6, 6.07) is 0. The van der Waals surface area contributed by atoms with Gasteiger partial charge in [0.25, 0.3) is 0 Å². The van der Waals surface area contributed by atoms with Gasteiger partial charge in [-0.05, 0) is 27.2 Å². The minimum absolute atomic E-state index is 0.0235. The molecular weight excluding hydrogens is 328 g/mol. The van der Waals surface area contributed by atoms with Gasteiger partial charge in [-0.1, -0.05) is 0 Å². The van der Waals surface area contributed by atoms with Gasteiger partial charge in [-0.2, -0.15) is 0 Å². The van der Waals surface area contributed by atoms with Crippen molar-refractivity contribution in [3.05, 3.63) is 12.3 Å². The highest BCUT2D eigenvalue weighted by atomic mass is 16.7. The third-order valence-corrected chi connectivity index (χ3v) is 4.57. The second kappa shape index (κ2) is 8.78. The molecule has 25 heavy (non-hydrogen) atoms. The Hall–Kier alpha value is -1.44. The number of hydrogen-bond acceptors (Lipinski definition) is 7. The predicted molar refractivity (Wildman–Crippen MR) is 88.7 cm³/mol. The Bertz CT molecular complexity index is 504. The number of methoxy groups -OCH3 is 1. The first-order valence-corrected chi connectivity index (χ1v) is 8.72. The predicted octanol–water partition coefficient (Wildman–Crippen LogP) is 2.13. The van der Waals surface area contributed by atoms with E-state index in [1.54, 1.807) is 14.0 Å². The van der Waals surface area contributed by atoms with E-state index in [0.29, 0.717) is 13.0 Å². The molecule has 0 aromatic carbocycles. The molecular formula is C18H28O7. The zero-order chi connectivity index (χ0) is 18.4. The fourth-order valence-electron chi connectivity index (χ4n) is 3.46. The molecule has 7 heteroatoms. The van der Waals surface area contributed by atoms with Gasteiger partial charge >= 0.3 is 5.97 Å². The van der Waals surface area contributed by atoms with Crippen LogP contribution in [0.15, 0.2) is 12.3 Å². The molecule has 0 saturated carbocycles. The maximum atomic E-state index is 11.7. The molecule has 142 valence electrons. The van der Waals surface area contributed by atoms with E-state index >= 15 is 0 Å². The third-order valence-electron chi connectivity index (χ3n) is 4.57. The van der Waals surface area contributed by atoms with E-state index in [-0.39, 0.29) is 30.7 Å². The largest absolute Gasteiger partial charge is 0.495 e. The van der Waals surface area contributed by atoms with Crippen molar-refractivity contribution < 1.29 is 33.3 Å². The van der Waals surface area contributed by atoms with Gasteiger partial charge in [0.15, 0.2) is 6.29 Å². The minimum Gasteiger partial charge on any atom is -0.495 e. The van der Waals surface area contributed by atoms with Crippen molar-refractivity contribution in [3.8, 4) is 0 Å². The number of esters is 1. The third kappa shape index (κ3) is 5.26. The second-order valence-corrected chi connectivity index (χ2v) is 6.68. The number of fused-ring (bicyclic) bond motifs is 1. The molecule has 0 aromatic heterocycles. The van der Waals surface area contributed by atoms with Crippen LogP contribution in [0.3, 0.4) is 0 Å². The summed E-state index contributed by atoms with van der Waals surface area (Å²) in [5.41, 5.74) is -0.769. The zero-order valence-corrected chi connectivity index (χ0v) is 15.4. The minimum atomic E-state index is -0.769. The molecule has 2 aliphatic rings. The molecule has 0 aromatic rings. The fourth-order valence-corrected chi connectivity index (χ4v) is 3.46. The van der Waals surface area contributed by atoms with Gasteiger partial charge in [-0.3, -0.25) is 4.79 Å². The maximum absolute atomic E-state index is 11.7. The molecule has 0 bridgehead atoms. The van der Waals surface area contributed by atoms with Crippen LogP contribution in [-0.2, 0) is 33.3 Å². The van der Waals surface area contributed by atoms with Crippen LogP contribution in [0.25, 0.3) is 0 Å². The highest BCUT2D eigenvalue weighted by molar-refractivity contribution is 5.81. The number of carbonyl (C=O) groups excluding carboxylic acids is 2. The Morgan fingerprint density at radius 3 is 2.68 bits per heavy atom. The van der Waals surface area contributed by atoms with E-state index < -0.39 is 17.7 Å². The average molecular weight is 356 g/mol. The number of rotatable bonds is 7. The zero-order valence-electron chi connectivity index (χ0n) is 15.4. The van der Waals surface area contributed by atoms with Crippen LogP contribution >= 0.6 is 0 Å². The van der Waals surface area contributed by atoms with Gasteiger partial charge < -0.3 is 23.7 Å². The number of carbonyl (C=O) groups is 2. The normalized spacial score (nSPS) is 35.2. The van der Waals surface area contributed by atoms with Crippen molar-refractivity contribution >= 4 is 11.8 Å². The van der Waals surface area contributed by atoms with Crippen LogP contribution in [0.4, 0.5) is 0 Å². The van der Waals surface area contributed by atoms with Crippen LogP contribution < -0.4 is 0 Å². The first-order valence-electron chi connectivity index (χ1n) is 8.72. The molecule has 1 unspecified atom stereocenters. The Balaban J connectivity index is 2.08. The van der Waals surface area contributed by atoms with E-state index in [2.05, 4.69) is 0 Å². The molecule has 0 spiro atoms. The molecule has 7 nitrogen and oxygen atoms in total. The van der Waals surface area contributed by atoms with Crippen molar-refractivity contribution in [1.29, 1.82) is 0 Å². The first-order chi connectivity index (χ1) is 11.9. The van der Waals surface area contributed by atoms with Crippen molar-refractivity contribution in [3.63, 3.8) is 0 Å². The van der Waals surface area contributed by atoms with Gasteiger partial charge in [0.1, 0.15) is 17.5 Å². The monoisotopic (exact) mass is 356 g/mol. The summed E-state index contributed by atoms with van der Waals surface area (Å²) in [7, 11) is 1.62. The SMILES string of the molecule is CCOC(=O)/C=C/O[C@H]1C[C@H]2OC(OC)CC[C@@H]2O[C@]1(C)CC(C)=O. The first kappa shape index (κ1) is 19.9. The number of hydrogen-bond donors (Lipinski definition) is 0. The van der Waals surface area contributed by atoms with Crippen molar-refractivity contribution in [1.82, 2.24) is 0 Å². The van der Waals surface area contributed by atoms with Crippen LogP contribution in [0.5, 0.6) is 0 Å². The Morgan fingerprint density at radius 1 is 1.28 bits per heavy atom. The van der Waals surface area contributed by atoms with Crippen LogP contribution in [0.1, 0.15) is 46.5 Å². The summed E-state index contributed by atoms with van der Waals surface area (Å²) in [5.74, 6) is -0.450. The second-order valence-electron chi connectivity index (χ2n) is 6.68. The molecule has 2 aliphatic heterocycles. The van der Waals surface area contributed by atoms with Crippen molar-refractivity contribution in [2.75, 3.05) is 13.7 Å². The molecule has 0 amide bonds. The lowest BCUT2D eigenvalue weighted by Crippen LogP contribution is -2.58. The van der Waals surface area contributed by atoms with E-state index in [1.807, 2.05) is 6.92 Å². The van der Waals surface area contributed by atoms with E-state index in [4.69, 9.17) is 23.7 Å². The summed E-state index contributed by atoms with van der Waals surface area (Å²) < 4.78 is 28.0. The average Bonchev–Trinajstić information content (AvgIpc) is 2.54. The van der Waals surface area contributed by atoms with Gasteiger partial charge in [-0.15, -0.1) is 0 Å². The summed E-state index contributed by atoms with van der Waals surface area (Å²) in [6.45, 7) is 5.44. The molecule has 5 atom stereocenters. The van der Waals surface area contributed by atoms with E-state index in [0.717, 1.165) is 12.8 Å². The van der Waals surface area contributed by atoms with Gasteiger partial charge in [0.2, 0.25) is 0 Å². The highest BCUT2D eigenvalue weighted by Crippen LogP contribution is 2.40. The molecule has 0 N–H and O–H groups in total. The van der Waals surface area contributed by atoms with Crippen molar-refractivity contribution in [2.24, 2.45) is 0 Å². The standard InChI is InChI=1S/C18H28O7/c1-5-22-16(20)8-9-23-15-10-14-13(6-7-17(21-4)24-14)25-18(15,3)11-12(2)19/h8-9,13-15,17H,5-7,10-11H2,1-4H3/b9-8+/t13-,14+,15-,17?,18+/m0/s1. The Morgan fingerprint density at radius 2 is 2.04 bits per heavy atom. The number of Topliss-reactive ketones (excluding diaryl/α,β-unsaturated/α-hetero) is 1. The quantitative estimate of drug-likeness (QED) is 0.393. The highest BCUT2D eigenvalue weighted by Gasteiger charge is 2.50. The van der Waals surface area contributed by atoms with Gasteiger partial charge in [-0.25, -0.2) is 4.79 Å². The molecule has 2 saturated heterocycles. The van der Waals surface area contributed by atoms with Crippen LogP contribution in [0.2, 0.25) is 0 Å². The van der Waals surface area contributed by atoms with Crippen LogP contribution in [0, 0.1) is 0 Å². The molecule has 2 fully saturated rings. The molecule has 2 heterocycles.